The van der Waals surface area contributed by atoms with Gasteiger partial charge in [-0.25, -0.2) is 0 Å². The van der Waals surface area contributed by atoms with Crippen molar-refractivity contribution in [2.45, 2.75) is 50.6 Å². The van der Waals surface area contributed by atoms with Gasteiger partial charge in [0.05, 0.1) is 0 Å². The summed E-state index contributed by atoms with van der Waals surface area (Å²) in [5.74, 6) is 0.825. The topological polar surface area (TPSA) is 20.3 Å². The lowest BCUT2D eigenvalue weighted by Crippen LogP contribution is -2.42. The van der Waals surface area contributed by atoms with E-state index >= 15 is 0 Å². The molecule has 2 aliphatic rings. The Bertz CT molecular complexity index is 428. The van der Waals surface area contributed by atoms with E-state index in [0.717, 1.165) is 25.7 Å². The number of ketones is 1. The Balaban J connectivity index is 1.54. The summed E-state index contributed by atoms with van der Waals surface area (Å²) in [7, 11) is 2.23. The second kappa shape index (κ2) is 5.46. The van der Waals surface area contributed by atoms with Crippen molar-refractivity contribution in [2.24, 2.45) is 5.92 Å². The summed E-state index contributed by atoms with van der Waals surface area (Å²) in [6, 6.07) is 11.7. The van der Waals surface area contributed by atoms with Crippen LogP contribution in [0, 0.1) is 5.92 Å². The maximum Gasteiger partial charge on any atom is 0.136 e. The molecule has 2 bridgehead atoms. The summed E-state index contributed by atoms with van der Waals surface area (Å²) in [4.78, 5) is 14.9. The highest BCUT2D eigenvalue weighted by Gasteiger charge is 2.40. The van der Waals surface area contributed by atoms with E-state index < -0.39 is 0 Å². The monoisotopic (exact) mass is 257 g/mol. The quantitative estimate of drug-likeness (QED) is 0.826. The van der Waals surface area contributed by atoms with Crippen molar-refractivity contribution in [2.75, 3.05) is 7.05 Å². The third kappa shape index (κ3) is 2.74. The van der Waals surface area contributed by atoms with Crippen molar-refractivity contribution in [3.8, 4) is 0 Å². The average molecular weight is 257 g/mol. The van der Waals surface area contributed by atoms with E-state index in [1.165, 1.54) is 18.4 Å². The van der Waals surface area contributed by atoms with E-state index in [2.05, 4.69) is 36.2 Å². The Morgan fingerprint density at radius 1 is 1.16 bits per heavy atom. The van der Waals surface area contributed by atoms with Crippen LogP contribution in [0.1, 0.15) is 37.7 Å². The van der Waals surface area contributed by atoms with Gasteiger partial charge in [-0.3, -0.25) is 4.79 Å². The molecule has 0 N–H and O–H groups in total. The second-order valence-electron chi connectivity index (χ2n) is 6.17. The van der Waals surface area contributed by atoms with Gasteiger partial charge < -0.3 is 4.90 Å². The van der Waals surface area contributed by atoms with Crippen LogP contribution < -0.4 is 0 Å². The van der Waals surface area contributed by atoms with E-state index in [1.54, 1.807) is 0 Å². The Morgan fingerprint density at radius 3 is 2.42 bits per heavy atom. The molecule has 1 aromatic rings. The van der Waals surface area contributed by atoms with Gasteiger partial charge in [0.2, 0.25) is 0 Å². The number of rotatable bonds is 4. The average Bonchev–Trinajstić information content (AvgIpc) is 2.68. The standard InChI is InChI=1S/C17H23NO/c1-18-15-8-9-16(18)12-14(11-15)17(19)10-7-13-5-3-2-4-6-13/h2-6,14-16H,7-12H2,1H3. The molecule has 0 radical (unpaired) electrons. The van der Waals surface area contributed by atoms with Gasteiger partial charge in [0, 0.05) is 24.4 Å². The van der Waals surface area contributed by atoms with Crippen LogP contribution >= 0.6 is 0 Å². The van der Waals surface area contributed by atoms with E-state index in [9.17, 15) is 4.79 Å². The van der Waals surface area contributed by atoms with E-state index in [4.69, 9.17) is 0 Å². The maximum atomic E-state index is 12.4. The van der Waals surface area contributed by atoms with Gasteiger partial charge in [0.1, 0.15) is 5.78 Å². The number of aryl methyl sites for hydroxylation is 1. The lowest BCUT2D eigenvalue weighted by atomic mass is 9.85. The fourth-order valence-electron chi connectivity index (χ4n) is 3.79. The van der Waals surface area contributed by atoms with Crippen LogP contribution in [0.4, 0.5) is 0 Å². The van der Waals surface area contributed by atoms with Gasteiger partial charge >= 0.3 is 0 Å². The largest absolute Gasteiger partial charge is 0.300 e. The number of carbonyl (C=O) groups is 1. The molecule has 2 saturated heterocycles. The van der Waals surface area contributed by atoms with Crippen molar-refractivity contribution >= 4 is 5.78 Å². The van der Waals surface area contributed by atoms with Crippen LogP contribution in [0.3, 0.4) is 0 Å². The molecule has 0 saturated carbocycles. The summed E-state index contributed by atoms with van der Waals surface area (Å²) in [5, 5.41) is 0. The van der Waals surface area contributed by atoms with Crippen LogP contribution in [-0.2, 0) is 11.2 Å². The van der Waals surface area contributed by atoms with Crippen LogP contribution in [-0.4, -0.2) is 29.8 Å². The van der Waals surface area contributed by atoms with E-state index in [1.807, 2.05) is 6.07 Å². The second-order valence-corrected chi connectivity index (χ2v) is 6.17. The predicted molar refractivity (Wildman–Crippen MR) is 77.1 cm³/mol. The third-order valence-electron chi connectivity index (χ3n) is 5.06. The molecule has 0 amide bonds. The number of benzene rings is 1. The highest BCUT2D eigenvalue weighted by atomic mass is 16.1. The number of fused-ring (bicyclic) bond motifs is 2. The van der Waals surface area contributed by atoms with Crippen LogP contribution in [0.15, 0.2) is 30.3 Å². The summed E-state index contributed by atoms with van der Waals surface area (Å²) < 4.78 is 0. The number of piperidine rings is 1. The molecule has 2 heterocycles. The van der Waals surface area contributed by atoms with Gasteiger partial charge in [-0.2, -0.15) is 0 Å². The Labute approximate surface area is 115 Å². The number of carbonyl (C=O) groups excluding carboxylic acids is 1. The minimum atomic E-state index is 0.331. The van der Waals surface area contributed by atoms with Crippen molar-refractivity contribution in [1.29, 1.82) is 0 Å². The lowest BCUT2D eigenvalue weighted by Gasteiger charge is -2.35. The highest BCUT2D eigenvalue weighted by molar-refractivity contribution is 5.81. The maximum absolute atomic E-state index is 12.4. The first-order valence-corrected chi connectivity index (χ1v) is 7.52. The normalized spacial score (nSPS) is 30.5. The fraction of sp³-hybridized carbons (Fsp3) is 0.588. The molecule has 3 rings (SSSR count). The highest BCUT2D eigenvalue weighted by Crippen LogP contribution is 2.38. The zero-order valence-electron chi connectivity index (χ0n) is 11.7. The minimum absolute atomic E-state index is 0.331. The minimum Gasteiger partial charge on any atom is -0.300 e. The summed E-state index contributed by atoms with van der Waals surface area (Å²) >= 11 is 0. The SMILES string of the molecule is CN1C2CCC1CC(C(=O)CCc1ccccc1)C2. The molecule has 2 atom stereocenters. The fourth-order valence-corrected chi connectivity index (χ4v) is 3.79. The van der Waals surface area contributed by atoms with Crippen molar-refractivity contribution < 1.29 is 4.79 Å². The van der Waals surface area contributed by atoms with Gasteiger partial charge in [0.25, 0.3) is 0 Å². The summed E-state index contributed by atoms with van der Waals surface area (Å²) in [6.45, 7) is 0. The molecule has 2 unspecified atom stereocenters. The Morgan fingerprint density at radius 2 is 1.79 bits per heavy atom. The Kier molecular flexibility index (Phi) is 3.69. The van der Waals surface area contributed by atoms with Crippen LogP contribution in [0.2, 0.25) is 0 Å². The predicted octanol–water partition coefficient (Wildman–Crippen LogP) is 3.06. The summed E-state index contributed by atoms with van der Waals surface area (Å²) in [5.41, 5.74) is 1.28. The van der Waals surface area contributed by atoms with Gasteiger partial charge in [-0.05, 0) is 44.7 Å². The molecule has 0 aliphatic carbocycles. The number of hydrogen-bond acceptors (Lipinski definition) is 2. The number of nitrogens with zero attached hydrogens (tertiary/aromatic N) is 1. The molecule has 19 heavy (non-hydrogen) atoms. The molecule has 0 aromatic heterocycles. The third-order valence-corrected chi connectivity index (χ3v) is 5.06. The number of Topliss-reactive ketones (excluding diaryl/α,β-unsaturated/α-hetero) is 1. The molecular formula is C17H23NO. The van der Waals surface area contributed by atoms with Crippen molar-refractivity contribution in [3.05, 3.63) is 35.9 Å². The van der Waals surface area contributed by atoms with Gasteiger partial charge in [-0.15, -0.1) is 0 Å². The molecule has 2 aliphatic heterocycles. The first kappa shape index (κ1) is 12.9. The molecular weight excluding hydrogens is 234 g/mol. The molecule has 2 fully saturated rings. The Hall–Kier alpha value is -1.15. The molecule has 0 spiro atoms. The summed E-state index contributed by atoms with van der Waals surface area (Å²) in [6.07, 6.45) is 6.41. The van der Waals surface area contributed by atoms with E-state index in [-0.39, 0.29) is 0 Å². The molecule has 2 heteroatoms. The van der Waals surface area contributed by atoms with Crippen LogP contribution in [0.5, 0.6) is 0 Å². The zero-order chi connectivity index (χ0) is 13.2. The number of hydrogen-bond donors (Lipinski definition) is 0. The lowest BCUT2D eigenvalue weighted by molar-refractivity contribution is -0.125. The molecule has 102 valence electrons. The van der Waals surface area contributed by atoms with E-state index in [0.29, 0.717) is 23.8 Å². The smallest absolute Gasteiger partial charge is 0.136 e. The van der Waals surface area contributed by atoms with Gasteiger partial charge in [0.15, 0.2) is 0 Å². The zero-order valence-corrected chi connectivity index (χ0v) is 11.7. The first-order chi connectivity index (χ1) is 9.24. The van der Waals surface area contributed by atoms with Crippen molar-refractivity contribution in [1.82, 2.24) is 4.90 Å². The van der Waals surface area contributed by atoms with Crippen LogP contribution in [0.25, 0.3) is 0 Å². The van der Waals surface area contributed by atoms with Crippen molar-refractivity contribution in [3.63, 3.8) is 0 Å². The first-order valence-electron chi connectivity index (χ1n) is 7.52. The molecule has 1 aromatic carbocycles. The molecule has 2 nitrogen and oxygen atoms in total. The van der Waals surface area contributed by atoms with Gasteiger partial charge in [-0.1, -0.05) is 30.3 Å².